The zero-order chi connectivity index (χ0) is 11.5. The monoisotopic (exact) mass is 227 g/mol. The zero-order valence-corrected chi connectivity index (χ0v) is 10.4. The average Bonchev–Trinajstić information content (AvgIpc) is 2.88. The number of nitrogens with zero attached hydrogens (tertiary/aromatic N) is 1. The van der Waals surface area contributed by atoms with Crippen LogP contribution < -0.4 is 0 Å². The average molecular weight is 227 g/mol. The number of para-hydroxylation sites is 1. The van der Waals surface area contributed by atoms with Crippen LogP contribution >= 0.6 is 0 Å². The normalized spacial score (nSPS) is 31.5. The van der Waals surface area contributed by atoms with Crippen LogP contribution in [-0.2, 0) is 6.42 Å². The fourth-order valence-electron chi connectivity index (χ4n) is 3.98. The second-order valence-electron chi connectivity index (χ2n) is 5.90. The van der Waals surface area contributed by atoms with Crippen molar-refractivity contribution in [3.8, 4) is 0 Å². The van der Waals surface area contributed by atoms with Crippen molar-refractivity contribution >= 4 is 10.9 Å². The van der Waals surface area contributed by atoms with Crippen molar-refractivity contribution in [1.29, 1.82) is 0 Å². The third kappa shape index (κ3) is 1.19. The van der Waals surface area contributed by atoms with Crippen molar-refractivity contribution < 1.29 is 4.48 Å². The van der Waals surface area contributed by atoms with Crippen LogP contribution in [0.25, 0.3) is 10.9 Å². The quantitative estimate of drug-likeness (QED) is 0.666. The van der Waals surface area contributed by atoms with E-state index in [0.29, 0.717) is 0 Å². The maximum absolute atomic E-state index is 3.70. The number of aromatic amines is 1. The van der Waals surface area contributed by atoms with Gasteiger partial charge in [-0.25, -0.2) is 0 Å². The molecule has 0 saturated carbocycles. The standard InChI is InChI=1S/C15H19N2/c1-17-9-4-7-14(17)15-12(8-10-17)11-5-2-3-6-13(11)16-15/h2-3,5-6,14,16H,4,7-10H2,1H3/q+1. The molecule has 1 aromatic heterocycles. The largest absolute Gasteiger partial charge is 0.353 e. The third-order valence-corrected chi connectivity index (χ3v) is 4.95. The van der Waals surface area contributed by atoms with Crippen LogP contribution in [0.4, 0.5) is 0 Å². The van der Waals surface area contributed by atoms with Gasteiger partial charge in [0.1, 0.15) is 6.04 Å². The van der Waals surface area contributed by atoms with Crippen molar-refractivity contribution in [2.45, 2.75) is 25.3 Å². The molecule has 2 heteroatoms. The molecular formula is C15H19N2+. The summed E-state index contributed by atoms with van der Waals surface area (Å²) in [5, 5.41) is 1.46. The SMILES string of the molecule is C[N+]12CCCC1c1[nH]c3ccccc3c1CC2. The van der Waals surface area contributed by atoms with E-state index < -0.39 is 0 Å². The van der Waals surface area contributed by atoms with Gasteiger partial charge in [0.15, 0.2) is 0 Å². The van der Waals surface area contributed by atoms with Gasteiger partial charge in [0.05, 0.1) is 25.8 Å². The van der Waals surface area contributed by atoms with Crippen molar-refractivity contribution in [2.75, 3.05) is 20.1 Å². The number of quaternary nitrogens is 1. The number of rotatable bonds is 0. The Kier molecular flexibility index (Phi) is 1.79. The Hall–Kier alpha value is -1.28. The predicted octanol–water partition coefficient (Wildman–Crippen LogP) is 3.01. The molecular weight excluding hydrogens is 208 g/mol. The number of hydrogen-bond donors (Lipinski definition) is 1. The summed E-state index contributed by atoms with van der Waals surface area (Å²) < 4.78 is 1.26. The molecule has 1 fully saturated rings. The highest BCUT2D eigenvalue weighted by atomic mass is 15.4. The van der Waals surface area contributed by atoms with Gasteiger partial charge in [0.2, 0.25) is 0 Å². The van der Waals surface area contributed by atoms with Crippen LogP contribution in [0.1, 0.15) is 30.1 Å². The molecule has 0 spiro atoms. The maximum atomic E-state index is 3.70. The second-order valence-corrected chi connectivity index (χ2v) is 5.90. The van der Waals surface area contributed by atoms with Gasteiger partial charge in [-0.05, 0) is 11.6 Å². The van der Waals surface area contributed by atoms with E-state index in [0.717, 1.165) is 6.04 Å². The highest BCUT2D eigenvalue weighted by Crippen LogP contribution is 2.44. The summed E-state index contributed by atoms with van der Waals surface area (Å²) >= 11 is 0. The highest BCUT2D eigenvalue weighted by molar-refractivity contribution is 5.85. The predicted molar refractivity (Wildman–Crippen MR) is 69.9 cm³/mol. The summed E-state index contributed by atoms with van der Waals surface area (Å²) in [5.74, 6) is 0. The van der Waals surface area contributed by atoms with Crippen LogP contribution in [0, 0.1) is 0 Å². The van der Waals surface area contributed by atoms with Crippen LogP contribution in [0.2, 0.25) is 0 Å². The lowest BCUT2D eigenvalue weighted by molar-refractivity contribution is -0.929. The van der Waals surface area contributed by atoms with Crippen LogP contribution in [0.5, 0.6) is 0 Å². The smallest absolute Gasteiger partial charge is 0.130 e. The molecule has 2 unspecified atom stereocenters. The number of benzene rings is 1. The number of hydrogen-bond acceptors (Lipinski definition) is 0. The topological polar surface area (TPSA) is 15.8 Å². The van der Waals surface area contributed by atoms with Gasteiger partial charge in [-0.1, -0.05) is 18.2 Å². The Morgan fingerprint density at radius 3 is 3.06 bits per heavy atom. The van der Waals surface area contributed by atoms with E-state index in [1.54, 1.807) is 5.56 Å². The first-order valence-electron chi connectivity index (χ1n) is 6.72. The van der Waals surface area contributed by atoms with E-state index in [1.165, 1.54) is 53.4 Å². The van der Waals surface area contributed by atoms with E-state index in [1.807, 2.05) is 0 Å². The number of aromatic nitrogens is 1. The lowest BCUT2D eigenvalue weighted by Crippen LogP contribution is -2.47. The zero-order valence-electron chi connectivity index (χ0n) is 10.4. The van der Waals surface area contributed by atoms with Gasteiger partial charge in [-0.15, -0.1) is 0 Å². The Labute approximate surface area is 102 Å². The molecule has 88 valence electrons. The van der Waals surface area contributed by atoms with Crippen molar-refractivity contribution in [1.82, 2.24) is 4.98 Å². The van der Waals surface area contributed by atoms with E-state index in [-0.39, 0.29) is 0 Å². The van der Waals surface area contributed by atoms with Crippen molar-refractivity contribution in [2.24, 2.45) is 0 Å². The highest BCUT2D eigenvalue weighted by Gasteiger charge is 2.44. The number of fused-ring (bicyclic) bond motifs is 5. The van der Waals surface area contributed by atoms with Crippen molar-refractivity contribution in [3.63, 3.8) is 0 Å². The minimum absolute atomic E-state index is 0.728. The van der Waals surface area contributed by atoms with Gasteiger partial charge < -0.3 is 9.47 Å². The molecule has 2 aromatic rings. The van der Waals surface area contributed by atoms with Crippen LogP contribution in [0.15, 0.2) is 24.3 Å². The number of H-pyrrole nitrogens is 1. The maximum Gasteiger partial charge on any atom is 0.130 e. The summed E-state index contributed by atoms with van der Waals surface area (Å²) in [6.45, 7) is 2.68. The molecule has 2 aliphatic rings. The molecule has 4 rings (SSSR count). The number of likely N-dealkylation sites (N-methyl/N-ethyl adjacent to an activating group) is 1. The summed E-state index contributed by atoms with van der Waals surface area (Å²) in [7, 11) is 2.44. The lowest BCUT2D eigenvalue weighted by atomic mass is 9.96. The third-order valence-electron chi connectivity index (χ3n) is 4.95. The first-order chi connectivity index (χ1) is 8.28. The summed E-state index contributed by atoms with van der Waals surface area (Å²) in [4.78, 5) is 3.70. The molecule has 2 atom stereocenters. The Morgan fingerprint density at radius 1 is 1.24 bits per heavy atom. The van der Waals surface area contributed by atoms with E-state index in [9.17, 15) is 0 Å². The fourth-order valence-corrected chi connectivity index (χ4v) is 3.98. The molecule has 1 saturated heterocycles. The molecule has 3 heterocycles. The van der Waals surface area contributed by atoms with Gasteiger partial charge in [0.25, 0.3) is 0 Å². The summed E-state index contributed by atoms with van der Waals surface area (Å²) in [6, 6.07) is 9.51. The molecule has 0 bridgehead atoms. The minimum atomic E-state index is 0.728. The van der Waals surface area contributed by atoms with Gasteiger partial charge in [0, 0.05) is 30.2 Å². The first kappa shape index (κ1) is 9.72. The molecule has 0 radical (unpaired) electrons. The second kappa shape index (κ2) is 3.14. The van der Waals surface area contributed by atoms with Crippen LogP contribution in [0.3, 0.4) is 0 Å². The molecule has 17 heavy (non-hydrogen) atoms. The molecule has 0 amide bonds. The van der Waals surface area contributed by atoms with Crippen molar-refractivity contribution in [3.05, 3.63) is 35.5 Å². The van der Waals surface area contributed by atoms with Gasteiger partial charge in [-0.2, -0.15) is 0 Å². The number of nitrogens with one attached hydrogen (secondary N) is 1. The Bertz CT molecular complexity index is 584. The van der Waals surface area contributed by atoms with Gasteiger partial charge in [-0.3, -0.25) is 0 Å². The molecule has 0 aliphatic carbocycles. The Morgan fingerprint density at radius 2 is 2.12 bits per heavy atom. The van der Waals surface area contributed by atoms with E-state index in [4.69, 9.17) is 0 Å². The van der Waals surface area contributed by atoms with Gasteiger partial charge >= 0.3 is 0 Å². The van der Waals surface area contributed by atoms with E-state index >= 15 is 0 Å². The van der Waals surface area contributed by atoms with Crippen LogP contribution in [-0.4, -0.2) is 29.6 Å². The fraction of sp³-hybridized carbons (Fsp3) is 0.467. The molecule has 2 nitrogen and oxygen atoms in total. The Balaban J connectivity index is 1.97. The summed E-state index contributed by atoms with van der Waals surface area (Å²) in [5.41, 5.74) is 4.47. The molecule has 1 N–H and O–H groups in total. The molecule has 2 aliphatic heterocycles. The first-order valence-corrected chi connectivity index (χ1v) is 6.72. The van der Waals surface area contributed by atoms with E-state index in [2.05, 4.69) is 36.3 Å². The molecule has 1 aromatic carbocycles. The summed E-state index contributed by atoms with van der Waals surface area (Å²) in [6.07, 6.45) is 3.98. The minimum Gasteiger partial charge on any atom is -0.353 e. The lowest BCUT2D eigenvalue weighted by Gasteiger charge is -2.39.